The van der Waals surface area contributed by atoms with E-state index in [1.165, 1.54) is 32.4 Å². The molecule has 1 rings (SSSR count). The van der Waals surface area contributed by atoms with Crippen molar-refractivity contribution < 1.29 is 4.79 Å². The minimum absolute atomic E-state index is 0.0160. The Kier molecular flexibility index (Phi) is 8.70. The molecule has 21 heavy (non-hydrogen) atoms. The van der Waals surface area contributed by atoms with Crippen LogP contribution in [0.15, 0.2) is 24.4 Å². The minimum atomic E-state index is -0.0697. The Morgan fingerprint density at radius 1 is 1.43 bits per heavy atom. The Balaban J connectivity index is 2.31. The molecule has 1 aliphatic heterocycles. The van der Waals surface area contributed by atoms with Crippen LogP contribution in [-0.2, 0) is 4.79 Å². The molecule has 0 aromatic heterocycles. The number of carbonyl (C=O) groups is 1. The number of likely N-dealkylation sites (tertiary alicyclic amines) is 1. The third-order valence-electron chi connectivity index (χ3n) is 4.06. The van der Waals surface area contributed by atoms with Crippen LogP contribution in [0.25, 0.3) is 0 Å². The Morgan fingerprint density at radius 2 is 2.10 bits per heavy atom. The number of piperidine rings is 1. The Morgan fingerprint density at radius 3 is 2.62 bits per heavy atom. The number of alkyl halides is 1. The number of rotatable bonds is 8. The van der Waals surface area contributed by atoms with E-state index in [-0.39, 0.29) is 11.8 Å². The molecule has 1 aliphatic rings. The van der Waals surface area contributed by atoms with Crippen molar-refractivity contribution in [2.45, 2.75) is 39.5 Å². The molecule has 120 valence electrons. The summed E-state index contributed by atoms with van der Waals surface area (Å²) in [5.74, 6) is 0.867. The molecule has 0 atom stereocenters. The average Bonchev–Trinajstić information content (AvgIpc) is 2.49. The average molecular weight is 313 g/mol. The third-order valence-corrected chi connectivity index (χ3v) is 4.29. The first kappa shape index (κ1) is 18.2. The van der Waals surface area contributed by atoms with Gasteiger partial charge in [-0.15, -0.1) is 11.6 Å². The fourth-order valence-electron chi connectivity index (χ4n) is 2.67. The smallest absolute Gasteiger partial charge is 0.241 e. The van der Waals surface area contributed by atoms with Gasteiger partial charge in [-0.3, -0.25) is 4.79 Å². The number of halogens is 1. The van der Waals surface area contributed by atoms with Gasteiger partial charge >= 0.3 is 0 Å². The highest BCUT2D eigenvalue weighted by atomic mass is 35.5. The highest BCUT2D eigenvalue weighted by Gasteiger charge is 2.16. The molecule has 0 aromatic carbocycles. The van der Waals surface area contributed by atoms with Crippen LogP contribution >= 0.6 is 11.6 Å². The molecule has 1 amide bonds. The van der Waals surface area contributed by atoms with Crippen molar-refractivity contribution in [1.82, 2.24) is 9.80 Å². The summed E-state index contributed by atoms with van der Waals surface area (Å²) in [6.45, 7) is 12.1. The van der Waals surface area contributed by atoms with Crippen LogP contribution in [-0.4, -0.2) is 47.8 Å². The van der Waals surface area contributed by atoms with Crippen LogP contribution in [0.4, 0.5) is 0 Å². The van der Waals surface area contributed by atoms with Gasteiger partial charge in [-0.2, -0.15) is 0 Å². The first-order valence-corrected chi connectivity index (χ1v) is 8.49. The quantitative estimate of drug-likeness (QED) is 0.504. The summed E-state index contributed by atoms with van der Waals surface area (Å²) < 4.78 is 0. The molecule has 0 bridgehead atoms. The zero-order valence-corrected chi connectivity index (χ0v) is 14.2. The summed E-state index contributed by atoms with van der Waals surface area (Å²) >= 11 is 5.63. The molecule has 0 aliphatic carbocycles. The molecule has 0 radical (unpaired) electrons. The van der Waals surface area contributed by atoms with Crippen molar-refractivity contribution in [1.29, 1.82) is 0 Å². The van der Waals surface area contributed by atoms with E-state index in [4.69, 9.17) is 11.6 Å². The normalized spacial score (nSPS) is 17.3. The first-order valence-electron chi connectivity index (χ1n) is 7.95. The van der Waals surface area contributed by atoms with E-state index in [1.54, 1.807) is 4.90 Å². The zero-order chi connectivity index (χ0) is 15.7. The van der Waals surface area contributed by atoms with Gasteiger partial charge in [-0.05, 0) is 45.2 Å². The molecule has 1 saturated heterocycles. The number of carbonyl (C=O) groups excluding carboxylic acids is 1. The number of nitrogens with zero attached hydrogens (tertiary/aromatic N) is 2. The van der Waals surface area contributed by atoms with Crippen LogP contribution < -0.4 is 0 Å². The summed E-state index contributed by atoms with van der Waals surface area (Å²) in [4.78, 5) is 15.9. The second kappa shape index (κ2) is 10.0. The van der Waals surface area contributed by atoms with Crippen molar-refractivity contribution in [2.24, 2.45) is 5.92 Å². The molecule has 3 nitrogen and oxygen atoms in total. The summed E-state index contributed by atoms with van der Waals surface area (Å²) in [7, 11) is 0. The molecule has 0 aromatic rings. The predicted octanol–water partition coefficient (Wildman–Crippen LogP) is 3.66. The third kappa shape index (κ3) is 7.14. The lowest BCUT2D eigenvalue weighted by Gasteiger charge is -2.31. The fraction of sp³-hybridized carbons (Fsp3) is 0.706. The number of hydrogen-bond acceptors (Lipinski definition) is 2. The van der Waals surface area contributed by atoms with Gasteiger partial charge in [-0.1, -0.05) is 31.6 Å². The fourth-order valence-corrected chi connectivity index (χ4v) is 2.82. The lowest BCUT2D eigenvalue weighted by atomic mass is 9.94. The summed E-state index contributed by atoms with van der Waals surface area (Å²) in [6.07, 6.45) is 8.86. The highest BCUT2D eigenvalue weighted by Crippen LogP contribution is 2.19. The van der Waals surface area contributed by atoms with Crippen molar-refractivity contribution >= 4 is 17.5 Å². The van der Waals surface area contributed by atoms with E-state index >= 15 is 0 Å². The SMILES string of the molecule is C=C(C)CN(/C=C\CCN1CCC(CC)CC1)C(=O)CCl. The molecular formula is C17H29ClN2O. The van der Waals surface area contributed by atoms with Crippen LogP contribution in [0, 0.1) is 5.92 Å². The summed E-state index contributed by atoms with van der Waals surface area (Å²) in [5, 5.41) is 0. The molecule has 0 unspecified atom stereocenters. The van der Waals surface area contributed by atoms with Gasteiger partial charge in [0.1, 0.15) is 5.88 Å². The maximum atomic E-state index is 11.7. The van der Waals surface area contributed by atoms with Crippen molar-refractivity contribution in [3.8, 4) is 0 Å². The number of hydrogen-bond donors (Lipinski definition) is 0. The van der Waals surface area contributed by atoms with Crippen LogP contribution in [0.2, 0.25) is 0 Å². The lowest BCUT2D eigenvalue weighted by Crippen LogP contribution is -2.34. The highest BCUT2D eigenvalue weighted by molar-refractivity contribution is 6.27. The zero-order valence-electron chi connectivity index (χ0n) is 13.5. The van der Waals surface area contributed by atoms with Crippen LogP contribution in [0.5, 0.6) is 0 Å². The molecule has 1 heterocycles. The predicted molar refractivity (Wildman–Crippen MR) is 90.5 cm³/mol. The van der Waals surface area contributed by atoms with Gasteiger partial charge in [0.05, 0.1) is 0 Å². The Hall–Kier alpha value is -0.800. The standard InChI is InChI=1S/C17H29ClN2O/c1-4-16-7-11-19(12-8-16)9-5-6-10-20(14-15(2)3)17(21)13-18/h6,10,16H,2,4-5,7-9,11-14H2,1,3H3/b10-6-. The van der Waals surface area contributed by atoms with E-state index in [0.29, 0.717) is 6.54 Å². The van der Waals surface area contributed by atoms with Crippen molar-refractivity contribution in [2.75, 3.05) is 32.1 Å². The van der Waals surface area contributed by atoms with Crippen LogP contribution in [0.3, 0.4) is 0 Å². The minimum Gasteiger partial charge on any atom is -0.314 e. The molecule has 4 heteroatoms. The number of amides is 1. The van der Waals surface area contributed by atoms with Gasteiger partial charge in [-0.25, -0.2) is 0 Å². The first-order chi connectivity index (χ1) is 10.1. The van der Waals surface area contributed by atoms with Gasteiger partial charge in [0.15, 0.2) is 0 Å². The second-order valence-electron chi connectivity index (χ2n) is 5.98. The largest absolute Gasteiger partial charge is 0.314 e. The van der Waals surface area contributed by atoms with E-state index in [2.05, 4.69) is 24.5 Å². The molecule has 0 spiro atoms. The summed E-state index contributed by atoms with van der Waals surface area (Å²) in [6, 6.07) is 0. The van der Waals surface area contributed by atoms with Crippen LogP contribution in [0.1, 0.15) is 39.5 Å². The van der Waals surface area contributed by atoms with E-state index in [0.717, 1.165) is 24.5 Å². The van der Waals surface area contributed by atoms with Crippen molar-refractivity contribution in [3.05, 3.63) is 24.4 Å². The van der Waals surface area contributed by atoms with E-state index in [1.807, 2.05) is 13.1 Å². The van der Waals surface area contributed by atoms with E-state index in [9.17, 15) is 4.79 Å². The maximum Gasteiger partial charge on any atom is 0.241 e. The van der Waals surface area contributed by atoms with E-state index < -0.39 is 0 Å². The van der Waals surface area contributed by atoms with Gasteiger partial charge in [0.2, 0.25) is 5.91 Å². The molecule has 0 saturated carbocycles. The Bertz CT molecular complexity index is 360. The monoisotopic (exact) mass is 312 g/mol. The van der Waals surface area contributed by atoms with Crippen molar-refractivity contribution in [3.63, 3.8) is 0 Å². The Labute approximate surface area is 134 Å². The maximum absolute atomic E-state index is 11.7. The molecular weight excluding hydrogens is 284 g/mol. The second-order valence-corrected chi connectivity index (χ2v) is 6.25. The lowest BCUT2D eigenvalue weighted by molar-refractivity contribution is -0.125. The molecule has 1 fully saturated rings. The van der Waals surface area contributed by atoms with Gasteiger partial charge in [0.25, 0.3) is 0 Å². The molecule has 0 N–H and O–H groups in total. The summed E-state index contributed by atoms with van der Waals surface area (Å²) in [5.41, 5.74) is 0.958. The topological polar surface area (TPSA) is 23.6 Å². The van der Waals surface area contributed by atoms with Gasteiger partial charge < -0.3 is 9.80 Å². The van der Waals surface area contributed by atoms with Gasteiger partial charge in [0, 0.05) is 19.3 Å².